The van der Waals surface area contributed by atoms with Crippen molar-refractivity contribution in [2.75, 3.05) is 18.5 Å². The lowest BCUT2D eigenvalue weighted by Crippen LogP contribution is -2.35. The summed E-state index contributed by atoms with van der Waals surface area (Å²) in [5.41, 5.74) is -0.229. The van der Waals surface area contributed by atoms with Crippen molar-refractivity contribution in [1.82, 2.24) is 5.32 Å². The molecule has 2 aromatic rings. The van der Waals surface area contributed by atoms with Crippen LogP contribution in [0.15, 0.2) is 53.0 Å². The lowest BCUT2D eigenvalue weighted by Gasteiger charge is -2.10. The fraction of sp³-hybridized carbons (Fsp3) is 0.176. The van der Waals surface area contributed by atoms with E-state index >= 15 is 0 Å². The molecular formula is C17H14BrF3N2O3. The summed E-state index contributed by atoms with van der Waals surface area (Å²) in [6, 6.07) is 10.9. The third-order valence-corrected chi connectivity index (χ3v) is 3.65. The second kappa shape index (κ2) is 8.70. The summed E-state index contributed by atoms with van der Waals surface area (Å²) in [5, 5.41) is 4.95. The van der Waals surface area contributed by atoms with Gasteiger partial charge in [-0.3, -0.25) is 9.59 Å². The van der Waals surface area contributed by atoms with Crippen LogP contribution in [-0.2, 0) is 15.8 Å². The molecule has 2 N–H and O–H groups in total. The van der Waals surface area contributed by atoms with E-state index in [0.29, 0.717) is 5.69 Å². The molecular weight excluding hydrogens is 417 g/mol. The molecule has 0 aromatic heterocycles. The zero-order valence-corrected chi connectivity index (χ0v) is 14.9. The first-order chi connectivity index (χ1) is 12.2. The monoisotopic (exact) mass is 430 g/mol. The number of hydrogen-bond acceptors (Lipinski definition) is 3. The van der Waals surface area contributed by atoms with Crippen LogP contribution in [0, 0.1) is 0 Å². The van der Waals surface area contributed by atoms with E-state index in [-0.39, 0.29) is 12.3 Å². The number of carbonyl (C=O) groups excluding carboxylic acids is 2. The van der Waals surface area contributed by atoms with E-state index in [1.165, 1.54) is 0 Å². The van der Waals surface area contributed by atoms with Gasteiger partial charge in [-0.2, -0.15) is 13.2 Å². The highest BCUT2D eigenvalue weighted by molar-refractivity contribution is 9.10. The van der Waals surface area contributed by atoms with Crippen LogP contribution in [0.5, 0.6) is 5.75 Å². The maximum absolute atomic E-state index is 12.4. The van der Waals surface area contributed by atoms with Crippen molar-refractivity contribution in [2.24, 2.45) is 0 Å². The van der Waals surface area contributed by atoms with Crippen LogP contribution in [0.2, 0.25) is 0 Å². The van der Waals surface area contributed by atoms with Crippen molar-refractivity contribution in [3.63, 3.8) is 0 Å². The van der Waals surface area contributed by atoms with Gasteiger partial charge in [-0.15, -0.1) is 0 Å². The minimum absolute atomic E-state index is 0.118. The summed E-state index contributed by atoms with van der Waals surface area (Å²) in [4.78, 5) is 23.4. The number of carbonyl (C=O) groups is 2. The van der Waals surface area contributed by atoms with Gasteiger partial charge in [0, 0.05) is 10.2 Å². The molecule has 0 aliphatic heterocycles. The topological polar surface area (TPSA) is 67.4 Å². The predicted octanol–water partition coefficient (Wildman–Crippen LogP) is 3.60. The minimum Gasteiger partial charge on any atom is -0.484 e. The zero-order chi connectivity index (χ0) is 19.2. The van der Waals surface area contributed by atoms with Gasteiger partial charge in [0.1, 0.15) is 5.75 Å². The largest absolute Gasteiger partial charge is 0.484 e. The highest BCUT2D eigenvalue weighted by Gasteiger charge is 2.30. The summed E-state index contributed by atoms with van der Waals surface area (Å²) in [6.07, 6.45) is -4.43. The van der Waals surface area contributed by atoms with Gasteiger partial charge in [0.2, 0.25) is 5.91 Å². The van der Waals surface area contributed by atoms with Crippen molar-refractivity contribution in [3.8, 4) is 5.75 Å². The Hall–Kier alpha value is -2.55. The molecule has 0 radical (unpaired) electrons. The summed E-state index contributed by atoms with van der Waals surface area (Å²) < 4.78 is 43.3. The van der Waals surface area contributed by atoms with Crippen LogP contribution in [0.25, 0.3) is 0 Å². The predicted molar refractivity (Wildman–Crippen MR) is 92.7 cm³/mol. The molecule has 0 atom stereocenters. The summed E-state index contributed by atoms with van der Waals surface area (Å²) >= 11 is 3.27. The third kappa shape index (κ3) is 6.40. The Kier molecular flexibility index (Phi) is 6.62. The molecule has 0 spiro atoms. The zero-order valence-electron chi connectivity index (χ0n) is 13.3. The molecule has 0 aliphatic carbocycles. The fourth-order valence-electron chi connectivity index (χ4n) is 1.86. The van der Waals surface area contributed by atoms with Crippen LogP contribution >= 0.6 is 15.9 Å². The lowest BCUT2D eigenvalue weighted by atomic mass is 10.2. The van der Waals surface area contributed by atoms with Crippen molar-refractivity contribution < 1.29 is 27.5 Å². The first-order valence-corrected chi connectivity index (χ1v) is 8.15. The first-order valence-electron chi connectivity index (χ1n) is 7.36. The quantitative estimate of drug-likeness (QED) is 0.735. The molecule has 0 unspecified atom stereocenters. The average molecular weight is 431 g/mol. The highest BCUT2D eigenvalue weighted by Crippen LogP contribution is 2.30. The Morgan fingerprint density at radius 1 is 0.962 bits per heavy atom. The molecule has 2 rings (SSSR count). The highest BCUT2D eigenvalue weighted by atomic mass is 79.9. The van der Waals surface area contributed by atoms with E-state index in [1.807, 2.05) is 0 Å². The normalized spacial score (nSPS) is 10.9. The molecule has 0 fully saturated rings. The molecule has 26 heavy (non-hydrogen) atoms. The van der Waals surface area contributed by atoms with Gasteiger partial charge < -0.3 is 15.4 Å². The Morgan fingerprint density at radius 3 is 2.15 bits per heavy atom. The molecule has 0 bridgehead atoms. The van der Waals surface area contributed by atoms with E-state index in [0.717, 1.165) is 28.7 Å². The van der Waals surface area contributed by atoms with Gasteiger partial charge in [-0.1, -0.05) is 15.9 Å². The fourth-order valence-corrected chi connectivity index (χ4v) is 2.12. The van der Waals surface area contributed by atoms with E-state index in [1.54, 1.807) is 24.3 Å². The number of ether oxygens (including phenoxy) is 1. The lowest BCUT2D eigenvalue weighted by molar-refractivity contribution is -0.137. The maximum atomic E-state index is 12.4. The molecule has 0 heterocycles. The SMILES string of the molecule is O=C(COc1ccc(C(F)(F)F)cc1)NCC(=O)Nc1ccc(Br)cc1. The van der Waals surface area contributed by atoms with E-state index < -0.39 is 30.2 Å². The smallest absolute Gasteiger partial charge is 0.416 e. The first kappa shape index (κ1) is 19.8. The molecule has 138 valence electrons. The minimum atomic E-state index is -4.43. The molecule has 9 heteroatoms. The van der Waals surface area contributed by atoms with Crippen LogP contribution in [0.3, 0.4) is 0 Å². The number of benzene rings is 2. The molecule has 2 aromatic carbocycles. The average Bonchev–Trinajstić information content (AvgIpc) is 2.60. The van der Waals surface area contributed by atoms with Gasteiger partial charge in [0.15, 0.2) is 6.61 Å². The van der Waals surface area contributed by atoms with E-state index in [2.05, 4.69) is 26.6 Å². The number of halogens is 4. The van der Waals surface area contributed by atoms with E-state index in [9.17, 15) is 22.8 Å². The van der Waals surface area contributed by atoms with Crippen LogP contribution < -0.4 is 15.4 Å². The number of rotatable bonds is 6. The number of nitrogens with one attached hydrogen (secondary N) is 2. The standard InChI is InChI=1S/C17H14BrF3N2O3/c18-12-3-5-13(6-4-12)23-15(24)9-22-16(25)10-26-14-7-1-11(2-8-14)17(19,20)21/h1-8H,9-10H2,(H,22,25)(H,23,24). The Morgan fingerprint density at radius 2 is 1.58 bits per heavy atom. The van der Waals surface area contributed by atoms with Gasteiger partial charge in [0.25, 0.3) is 5.91 Å². The van der Waals surface area contributed by atoms with Crippen molar-refractivity contribution in [3.05, 3.63) is 58.6 Å². The second-order valence-electron chi connectivity index (χ2n) is 5.14. The number of hydrogen-bond donors (Lipinski definition) is 2. The van der Waals surface area contributed by atoms with Crippen LogP contribution in [-0.4, -0.2) is 25.0 Å². The molecule has 0 aliphatic rings. The van der Waals surface area contributed by atoms with Crippen molar-refractivity contribution >= 4 is 33.4 Å². The molecule has 5 nitrogen and oxygen atoms in total. The Balaban J connectivity index is 1.73. The third-order valence-electron chi connectivity index (χ3n) is 3.13. The molecule has 2 amide bonds. The molecule has 0 saturated heterocycles. The second-order valence-corrected chi connectivity index (χ2v) is 6.06. The summed E-state index contributed by atoms with van der Waals surface area (Å²) in [6.45, 7) is -0.678. The van der Waals surface area contributed by atoms with Crippen LogP contribution in [0.1, 0.15) is 5.56 Å². The van der Waals surface area contributed by atoms with Crippen molar-refractivity contribution in [1.29, 1.82) is 0 Å². The van der Waals surface area contributed by atoms with Gasteiger partial charge in [0.05, 0.1) is 12.1 Å². The van der Waals surface area contributed by atoms with Crippen molar-refractivity contribution in [2.45, 2.75) is 6.18 Å². The number of anilines is 1. The van der Waals surface area contributed by atoms with Gasteiger partial charge in [-0.25, -0.2) is 0 Å². The number of amides is 2. The summed E-state index contributed by atoms with van der Waals surface area (Å²) in [5.74, 6) is -0.876. The number of alkyl halides is 3. The maximum Gasteiger partial charge on any atom is 0.416 e. The van der Waals surface area contributed by atoms with Gasteiger partial charge >= 0.3 is 6.18 Å². The Labute approximate surface area is 155 Å². The molecule has 0 saturated carbocycles. The Bertz CT molecular complexity index is 762. The van der Waals surface area contributed by atoms with Gasteiger partial charge in [-0.05, 0) is 48.5 Å². The van der Waals surface area contributed by atoms with E-state index in [4.69, 9.17) is 4.74 Å². The van der Waals surface area contributed by atoms with Crippen LogP contribution in [0.4, 0.5) is 18.9 Å². The summed E-state index contributed by atoms with van der Waals surface area (Å²) in [7, 11) is 0.